The van der Waals surface area contributed by atoms with Gasteiger partial charge >= 0.3 is 0 Å². The number of aryl methyl sites for hydroxylation is 1. The molecule has 5 nitrogen and oxygen atoms in total. The van der Waals surface area contributed by atoms with Crippen LogP contribution >= 0.6 is 0 Å². The predicted octanol–water partition coefficient (Wildman–Crippen LogP) is 3.45. The zero-order chi connectivity index (χ0) is 16.7. The van der Waals surface area contributed by atoms with Crippen molar-refractivity contribution in [1.29, 1.82) is 0 Å². The number of hydrogen-bond donors (Lipinski definition) is 0. The van der Waals surface area contributed by atoms with E-state index >= 15 is 0 Å². The molecular weight excluding hydrogens is 314 g/mol. The van der Waals surface area contributed by atoms with Crippen molar-refractivity contribution in [2.24, 2.45) is 0 Å². The van der Waals surface area contributed by atoms with Crippen molar-refractivity contribution in [3.05, 3.63) is 48.0 Å². The van der Waals surface area contributed by atoms with E-state index in [-0.39, 0.29) is 16.7 Å². The maximum Gasteiger partial charge on any atom is 0.264 e. The molecule has 0 saturated heterocycles. The second-order valence-electron chi connectivity index (χ2n) is 5.59. The Morgan fingerprint density at radius 2 is 1.78 bits per heavy atom. The van der Waals surface area contributed by atoms with Crippen LogP contribution in [0.15, 0.2) is 46.0 Å². The van der Waals surface area contributed by atoms with E-state index in [1.165, 1.54) is 5.56 Å². The Morgan fingerprint density at radius 3 is 2.43 bits per heavy atom. The van der Waals surface area contributed by atoms with Crippen LogP contribution in [0.2, 0.25) is 0 Å². The van der Waals surface area contributed by atoms with E-state index in [4.69, 9.17) is 4.42 Å². The zero-order valence-corrected chi connectivity index (χ0v) is 14.0. The van der Waals surface area contributed by atoms with Crippen LogP contribution in [0, 0.1) is 0 Å². The fourth-order valence-corrected chi connectivity index (χ4v) is 2.75. The van der Waals surface area contributed by atoms with E-state index in [0.717, 1.165) is 44.6 Å². The molecule has 0 amide bonds. The molecule has 1 heterocycles. The van der Waals surface area contributed by atoms with Crippen molar-refractivity contribution < 1.29 is 17.6 Å². The highest BCUT2D eigenvalue weighted by Crippen LogP contribution is 2.13. The first-order chi connectivity index (χ1) is 11.0. The summed E-state index contributed by atoms with van der Waals surface area (Å²) in [6, 6.07) is 10.3. The average molecular weight is 335 g/mol. The van der Waals surface area contributed by atoms with Gasteiger partial charge in [-0.25, -0.2) is 8.42 Å². The zero-order valence-electron chi connectivity index (χ0n) is 13.2. The SMILES string of the molecule is CS(=O)(=O)c1coc(C(=O)CCCCCCc2ccccc2)n1. The Hall–Kier alpha value is -1.95. The molecule has 0 aliphatic heterocycles. The number of sulfone groups is 1. The third-order valence-electron chi connectivity index (χ3n) is 3.56. The van der Waals surface area contributed by atoms with Crippen molar-refractivity contribution >= 4 is 15.6 Å². The Bertz CT molecular complexity index is 735. The molecule has 0 N–H and O–H groups in total. The topological polar surface area (TPSA) is 77.2 Å². The number of ketones is 1. The van der Waals surface area contributed by atoms with Crippen molar-refractivity contribution in [2.75, 3.05) is 6.26 Å². The van der Waals surface area contributed by atoms with Gasteiger partial charge in [0.2, 0.25) is 5.78 Å². The summed E-state index contributed by atoms with van der Waals surface area (Å²) >= 11 is 0. The normalized spacial score (nSPS) is 11.5. The smallest absolute Gasteiger partial charge is 0.264 e. The number of oxazole rings is 1. The number of Topliss-reactive ketones (excluding diaryl/α,β-unsaturated/α-hetero) is 1. The van der Waals surface area contributed by atoms with Gasteiger partial charge in [0, 0.05) is 12.7 Å². The molecule has 0 radical (unpaired) electrons. The first-order valence-electron chi connectivity index (χ1n) is 7.69. The molecule has 0 unspecified atom stereocenters. The molecule has 0 atom stereocenters. The fourth-order valence-electron chi connectivity index (χ4n) is 2.28. The van der Waals surface area contributed by atoms with Gasteiger partial charge in [-0.15, -0.1) is 0 Å². The summed E-state index contributed by atoms with van der Waals surface area (Å²) in [4.78, 5) is 15.6. The molecule has 124 valence electrons. The van der Waals surface area contributed by atoms with E-state index in [2.05, 4.69) is 17.1 Å². The average Bonchev–Trinajstić information content (AvgIpc) is 3.02. The monoisotopic (exact) mass is 335 g/mol. The molecule has 1 aromatic heterocycles. The van der Waals surface area contributed by atoms with Crippen LogP contribution < -0.4 is 0 Å². The molecule has 0 fully saturated rings. The van der Waals surface area contributed by atoms with Gasteiger partial charge in [0.25, 0.3) is 5.89 Å². The first-order valence-corrected chi connectivity index (χ1v) is 9.58. The van der Waals surface area contributed by atoms with E-state index < -0.39 is 9.84 Å². The van der Waals surface area contributed by atoms with Gasteiger partial charge in [-0.3, -0.25) is 4.79 Å². The predicted molar refractivity (Wildman–Crippen MR) is 87.2 cm³/mol. The molecular formula is C17H21NO4S. The number of nitrogens with zero attached hydrogens (tertiary/aromatic N) is 1. The van der Waals surface area contributed by atoms with E-state index in [9.17, 15) is 13.2 Å². The van der Waals surface area contributed by atoms with Crippen LogP contribution in [0.3, 0.4) is 0 Å². The van der Waals surface area contributed by atoms with Crippen LogP contribution in [-0.2, 0) is 16.3 Å². The van der Waals surface area contributed by atoms with Gasteiger partial charge in [-0.05, 0) is 24.8 Å². The van der Waals surface area contributed by atoms with Crippen molar-refractivity contribution in [1.82, 2.24) is 4.98 Å². The largest absolute Gasteiger partial charge is 0.441 e. The van der Waals surface area contributed by atoms with Crippen molar-refractivity contribution in [2.45, 2.75) is 43.6 Å². The summed E-state index contributed by atoms with van der Waals surface area (Å²) in [6.07, 6.45) is 7.29. The maximum atomic E-state index is 11.9. The third kappa shape index (κ3) is 5.63. The van der Waals surface area contributed by atoms with Crippen LogP contribution in [0.25, 0.3) is 0 Å². The van der Waals surface area contributed by atoms with Crippen LogP contribution in [0.4, 0.5) is 0 Å². The number of benzene rings is 1. The standard InChI is InChI=1S/C17H21NO4S/c1-23(20,21)16-13-22-17(18-16)15(19)12-8-3-2-5-9-14-10-6-4-7-11-14/h4,6-7,10-11,13H,2-3,5,8-9,12H2,1H3. The first kappa shape index (κ1) is 17.4. The van der Waals surface area contributed by atoms with Crippen LogP contribution in [0.1, 0.15) is 48.4 Å². The molecule has 2 rings (SSSR count). The lowest BCUT2D eigenvalue weighted by Crippen LogP contribution is -2.02. The highest BCUT2D eigenvalue weighted by Gasteiger charge is 2.18. The van der Waals surface area contributed by atoms with Crippen molar-refractivity contribution in [3.63, 3.8) is 0 Å². The van der Waals surface area contributed by atoms with Gasteiger partial charge in [0.05, 0.1) is 0 Å². The van der Waals surface area contributed by atoms with Crippen LogP contribution in [0.5, 0.6) is 0 Å². The minimum Gasteiger partial charge on any atom is -0.441 e. The Morgan fingerprint density at radius 1 is 1.09 bits per heavy atom. The Labute approximate surface area is 136 Å². The van der Waals surface area contributed by atoms with Crippen LogP contribution in [-0.4, -0.2) is 25.4 Å². The van der Waals surface area contributed by atoms with Gasteiger partial charge in [-0.1, -0.05) is 43.2 Å². The molecule has 0 aliphatic rings. The summed E-state index contributed by atoms with van der Waals surface area (Å²) < 4.78 is 27.5. The third-order valence-corrected chi connectivity index (χ3v) is 4.51. The quantitative estimate of drug-likeness (QED) is 0.518. The molecule has 0 aliphatic carbocycles. The number of aromatic nitrogens is 1. The molecule has 1 aromatic carbocycles. The number of carbonyl (C=O) groups excluding carboxylic acids is 1. The Balaban J connectivity index is 1.66. The minimum atomic E-state index is -3.43. The van der Waals surface area contributed by atoms with Gasteiger partial charge in [0.1, 0.15) is 6.26 Å². The molecule has 6 heteroatoms. The Kier molecular flexibility index (Phi) is 6.10. The highest BCUT2D eigenvalue weighted by molar-refractivity contribution is 7.90. The molecule has 0 saturated carbocycles. The molecule has 23 heavy (non-hydrogen) atoms. The fraction of sp³-hybridized carbons (Fsp3) is 0.412. The van der Waals surface area contributed by atoms with E-state index in [1.807, 2.05) is 18.2 Å². The number of unbranched alkanes of at least 4 members (excludes halogenated alkanes) is 3. The number of rotatable bonds is 9. The van der Waals surface area contributed by atoms with Gasteiger partial charge in [-0.2, -0.15) is 4.98 Å². The van der Waals surface area contributed by atoms with Crippen molar-refractivity contribution in [3.8, 4) is 0 Å². The van der Waals surface area contributed by atoms with Gasteiger partial charge < -0.3 is 4.42 Å². The lowest BCUT2D eigenvalue weighted by molar-refractivity contribution is 0.0945. The summed E-state index contributed by atoms with van der Waals surface area (Å²) in [5, 5.41) is -0.191. The maximum absolute atomic E-state index is 11.9. The second-order valence-corrected chi connectivity index (χ2v) is 7.55. The molecule has 2 aromatic rings. The number of carbonyl (C=O) groups is 1. The number of hydrogen-bond acceptors (Lipinski definition) is 5. The highest BCUT2D eigenvalue weighted by atomic mass is 32.2. The lowest BCUT2D eigenvalue weighted by Gasteiger charge is -2.01. The summed E-state index contributed by atoms with van der Waals surface area (Å²) in [5.41, 5.74) is 1.33. The minimum absolute atomic E-state index is 0.116. The lowest BCUT2D eigenvalue weighted by atomic mass is 10.0. The van der Waals surface area contributed by atoms with E-state index in [0.29, 0.717) is 6.42 Å². The molecule has 0 spiro atoms. The summed E-state index contributed by atoms with van der Waals surface area (Å²) in [6.45, 7) is 0. The van der Waals surface area contributed by atoms with E-state index in [1.54, 1.807) is 0 Å². The summed E-state index contributed by atoms with van der Waals surface area (Å²) in [7, 11) is -3.43. The molecule has 0 bridgehead atoms. The van der Waals surface area contributed by atoms with Gasteiger partial charge in [0.15, 0.2) is 14.9 Å². The second kappa shape index (κ2) is 8.06. The summed E-state index contributed by atoms with van der Waals surface area (Å²) in [5.74, 6) is -0.363.